The predicted octanol–water partition coefficient (Wildman–Crippen LogP) is 3.94. The fourth-order valence-corrected chi connectivity index (χ4v) is 3.00. The van der Waals surface area contributed by atoms with E-state index in [-0.39, 0.29) is 15.8 Å². The summed E-state index contributed by atoms with van der Waals surface area (Å²) in [6, 6.07) is 1.85. The van der Waals surface area contributed by atoms with Gasteiger partial charge in [0.15, 0.2) is 11.6 Å². The number of thiazole rings is 1. The largest absolute Gasteiger partial charge is 0.367 e. The molecule has 0 radical (unpaired) electrons. The Morgan fingerprint density at radius 1 is 1.21 bits per heavy atom. The quantitative estimate of drug-likeness (QED) is 0.709. The van der Waals surface area contributed by atoms with E-state index in [2.05, 4.69) is 9.97 Å². The Hall–Kier alpha value is -1.82. The number of halogens is 3. The topological polar surface area (TPSA) is 28.7 Å². The maximum Gasteiger partial charge on any atom is 0.186 e. The summed E-state index contributed by atoms with van der Waals surface area (Å²) >= 11 is 1.05. The van der Waals surface area contributed by atoms with Gasteiger partial charge in [0.1, 0.15) is 11.3 Å². The number of aromatic nitrogens is 2. The molecule has 3 aromatic rings. The van der Waals surface area contributed by atoms with Gasteiger partial charge in [-0.05, 0) is 18.6 Å². The molecular weight excluding hydrogens is 273 g/mol. The van der Waals surface area contributed by atoms with Crippen LogP contribution in [0.5, 0.6) is 0 Å². The van der Waals surface area contributed by atoms with Crippen molar-refractivity contribution in [3.8, 4) is 0 Å². The average Bonchev–Trinajstić information content (AvgIpc) is 3.04. The molecule has 3 rings (SSSR count). The molecule has 0 aliphatic rings. The van der Waals surface area contributed by atoms with Crippen LogP contribution in [-0.2, 0) is 6.42 Å². The fraction of sp³-hybridized carbons (Fsp3) is 0.154. The molecule has 0 fully saturated rings. The third-order valence-electron chi connectivity index (χ3n) is 2.95. The van der Waals surface area contributed by atoms with E-state index in [9.17, 15) is 13.2 Å². The summed E-state index contributed by atoms with van der Waals surface area (Å²) < 4.78 is 41.1. The second-order valence-corrected chi connectivity index (χ2v) is 5.33. The monoisotopic (exact) mass is 282 g/mol. The zero-order chi connectivity index (χ0) is 13.6. The van der Waals surface area contributed by atoms with Crippen LogP contribution < -0.4 is 0 Å². The van der Waals surface area contributed by atoms with Gasteiger partial charge >= 0.3 is 0 Å². The Labute approximate surface area is 110 Å². The van der Waals surface area contributed by atoms with Crippen LogP contribution in [0.2, 0.25) is 0 Å². The molecule has 1 aromatic carbocycles. The van der Waals surface area contributed by atoms with Gasteiger partial charge in [0.2, 0.25) is 0 Å². The molecule has 98 valence electrons. The lowest BCUT2D eigenvalue weighted by molar-refractivity contribution is 0.496. The number of nitrogens with zero attached hydrogens (tertiary/aromatic N) is 1. The highest BCUT2D eigenvalue weighted by molar-refractivity contribution is 7.18. The standard InChI is InChI=1S/C13H9F3N2S/c1-6-9(14)11(16)12-13(10(6)15)19-8(18-12)4-7-2-3-17-5-7/h2-3,5,17H,4H2,1H3. The van der Waals surface area contributed by atoms with Crippen molar-refractivity contribution in [2.24, 2.45) is 0 Å². The molecule has 0 spiro atoms. The SMILES string of the molecule is Cc1c(F)c(F)c2nc(Cc3cc[nH]c3)sc2c1F. The van der Waals surface area contributed by atoms with Gasteiger partial charge in [0, 0.05) is 24.4 Å². The van der Waals surface area contributed by atoms with E-state index < -0.39 is 17.5 Å². The molecule has 0 unspecified atom stereocenters. The van der Waals surface area contributed by atoms with Gasteiger partial charge in [-0.15, -0.1) is 11.3 Å². The molecule has 0 saturated heterocycles. The third-order valence-corrected chi connectivity index (χ3v) is 4.00. The summed E-state index contributed by atoms with van der Waals surface area (Å²) in [5.74, 6) is -2.97. The summed E-state index contributed by atoms with van der Waals surface area (Å²) in [6.07, 6.45) is 4.00. The zero-order valence-electron chi connectivity index (χ0n) is 9.93. The number of nitrogens with one attached hydrogen (secondary N) is 1. The number of H-pyrrole nitrogens is 1. The fourth-order valence-electron chi connectivity index (χ4n) is 1.92. The molecule has 0 aliphatic carbocycles. The van der Waals surface area contributed by atoms with Crippen molar-refractivity contribution in [2.75, 3.05) is 0 Å². The maximum absolute atomic E-state index is 13.9. The molecule has 2 aromatic heterocycles. The molecule has 19 heavy (non-hydrogen) atoms. The Morgan fingerprint density at radius 3 is 2.68 bits per heavy atom. The highest BCUT2D eigenvalue weighted by Crippen LogP contribution is 2.32. The highest BCUT2D eigenvalue weighted by Gasteiger charge is 2.21. The van der Waals surface area contributed by atoms with E-state index in [0.29, 0.717) is 11.4 Å². The number of hydrogen-bond donors (Lipinski definition) is 1. The van der Waals surface area contributed by atoms with E-state index >= 15 is 0 Å². The van der Waals surface area contributed by atoms with Gasteiger partial charge in [-0.2, -0.15) is 0 Å². The summed E-state index contributed by atoms with van der Waals surface area (Å²) in [5, 5.41) is 0.553. The van der Waals surface area contributed by atoms with E-state index in [1.807, 2.05) is 6.07 Å². The lowest BCUT2D eigenvalue weighted by Crippen LogP contribution is -1.95. The Balaban J connectivity index is 2.15. The number of hydrogen-bond acceptors (Lipinski definition) is 2. The molecule has 0 saturated carbocycles. The smallest absolute Gasteiger partial charge is 0.186 e. The van der Waals surface area contributed by atoms with Crippen molar-refractivity contribution in [3.63, 3.8) is 0 Å². The molecule has 0 aliphatic heterocycles. The first-order chi connectivity index (χ1) is 9.08. The van der Waals surface area contributed by atoms with E-state index in [1.165, 1.54) is 6.92 Å². The predicted molar refractivity (Wildman–Crippen MR) is 67.8 cm³/mol. The Kier molecular flexibility index (Phi) is 2.82. The van der Waals surface area contributed by atoms with Crippen LogP contribution in [-0.4, -0.2) is 9.97 Å². The molecule has 2 heterocycles. The van der Waals surface area contributed by atoms with Crippen LogP contribution >= 0.6 is 11.3 Å². The first-order valence-electron chi connectivity index (χ1n) is 5.62. The van der Waals surface area contributed by atoms with Crippen LogP contribution in [0, 0.1) is 24.4 Å². The second-order valence-electron chi connectivity index (χ2n) is 4.25. The molecule has 6 heteroatoms. The normalized spacial score (nSPS) is 11.4. The van der Waals surface area contributed by atoms with E-state index in [0.717, 1.165) is 16.9 Å². The minimum Gasteiger partial charge on any atom is -0.367 e. The summed E-state index contributed by atoms with van der Waals surface area (Å²) in [5.41, 5.74) is 0.426. The van der Waals surface area contributed by atoms with Crippen molar-refractivity contribution < 1.29 is 13.2 Å². The molecule has 0 atom stereocenters. The molecule has 0 amide bonds. The van der Waals surface area contributed by atoms with Gasteiger partial charge < -0.3 is 4.98 Å². The van der Waals surface area contributed by atoms with Crippen LogP contribution in [0.1, 0.15) is 16.1 Å². The van der Waals surface area contributed by atoms with Crippen LogP contribution in [0.15, 0.2) is 18.5 Å². The average molecular weight is 282 g/mol. The lowest BCUT2D eigenvalue weighted by atomic mass is 10.2. The summed E-state index contributed by atoms with van der Waals surface area (Å²) in [4.78, 5) is 6.89. The molecule has 2 nitrogen and oxygen atoms in total. The Morgan fingerprint density at radius 2 is 2.00 bits per heavy atom. The number of benzene rings is 1. The van der Waals surface area contributed by atoms with Crippen molar-refractivity contribution in [2.45, 2.75) is 13.3 Å². The first-order valence-corrected chi connectivity index (χ1v) is 6.43. The zero-order valence-corrected chi connectivity index (χ0v) is 10.7. The Bertz CT molecular complexity index is 702. The van der Waals surface area contributed by atoms with Gasteiger partial charge in [-0.1, -0.05) is 0 Å². The van der Waals surface area contributed by atoms with Crippen molar-refractivity contribution in [1.29, 1.82) is 0 Å². The minimum absolute atomic E-state index is 0.0712. The summed E-state index contributed by atoms with van der Waals surface area (Å²) in [6.45, 7) is 1.22. The minimum atomic E-state index is -1.16. The van der Waals surface area contributed by atoms with Gasteiger partial charge in [-0.3, -0.25) is 0 Å². The van der Waals surface area contributed by atoms with Crippen molar-refractivity contribution in [1.82, 2.24) is 9.97 Å². The maximum atomic E-state index is 13.9. The van der Waals surface area contributed by atoms with Gasteiger partial charge in [0.05, 0.1) is 9.71 Å². The van der Waals surface area contributed by atoms with Crippen LogP contribution in [0.3, 0.4) is 0 Å². The molecule has 1 N–H and O–H groups in total. The van der Waals surface area contributed by atoms with E-state index in [4.69, 9.17) is 0 Å². The van der Waals surface area contributed by atoms with Crippen LogP contribution in [0.4, 0.5) is 13.2 Å². The second kappa shape index (κ2) is 4.38. The van der Waals surface area contributed by atoms with Gasteiger partial charge in [0.25, 0.3) is 0 Å². The number of fused-ring (bicyclic) bond motifs is 1. The lowest BCUT2D eigenvalue weighted by Gasteiger charge is -2.00. The van der Waals surface area contributed by atoms with Crippen molar-refractivity contribution >= 4 is 21.6 Å². The van der Waals surface area contributed by atoms with E-state index in [1.54, 1.807) is 12.4 Å². The van der Waals surface area contributed by atoms with Crippen molar-refractivity contribution in [3.05, 3.63) is 52.0 Å². The molecular formula is C13H9F3N2S. The number of rotatable bonds is 2. The summed E-state index contributed by atoms with van der Waals surface area (Å²) in [7, 11) is 0. The van der Waals surface area contributed by atoms with Gasteiger partial charge in [-0.25, -0.2) is 18.2 Å². The first kappa shape index (κ1) is 12.2. The van der Waals surface area contributed by atoms with Crippen LogP contribution in [0.25, 0.3) is 10.2 Å². The highest BCUT2D eigenvalue weighted by atomic mass is 32.1. The molecule has 0 bridgehead atoms. The third kappa shape index (κ3) is 1.92. The number of aromatic amines is 1.